The first-order valence-electron chi connectivity index (χ1n) is 3.25. The van der Waals surface area contributed by atoms with Gasteiger partial charge < -0.3 is 17.9 Å². The topological polar surface area (TPSA) is 12.0 Å². The zero-order chi connectivity index (χ0) is 5.82. The minimum atomic E-state index is 0. The van der Waals surface area contributed by atoms with Gasteiger partial charge in [0.05, 0.1) is 0 Å². The number of hydrogen-bond acceptors (Lipinski definition) is 2. The van der Waals surface area contributed by atoms with Gasteiger partial charge in [0, 0.05) is 28.4 Å². The van der Waals surface area contributed by atoms with Crippen LogP contribution in [-0.2, 0) is 35.0 Å². The van der Waals surface area contributed by atoms with Crippen LogP contribution < -0.4 is 5.32 Å². The second-order valence-electron chi connectivity index (χ2n) is 2.29. The van der Waals surface area contributed by atoms with Crippen molar-refractivity contribution in [2.45, 2.75) is 25.3 Å². The van der Waals surface area contributed by atoms with E-state index < -0.39 is 0 Å². The molecule has 0 aromatic heterocycles. The molecule has 1 fully saturated rings. The maximum Gasteiger partial charge on any atom is 0.00492 e. The fourth-order valence-electron chi connectivity index (χ4n) is 1.15. The molecular formula is C6H12NSTa-. The van der Waals surface area contributed by atoms with Crippen LogP contribution in [0.1, 0.15) is 19.3 Å². The van der Waals surface area contributed by atoms with Gasteiger partial charge in [-0.3, -0.25) is 0 Å². The van der Waals surface area contributed by atoms with Crippen LogP contribution in [0.4, 0.5) is 0 Å². The summed E-state index contributed by atoms with van der Waals surface area (Å²) in [6.07, 6.45) is 3.88. The quantitative estimate of drug-likeness (QED) is 0.753. The summed E-state index contributed by atoms with van der Waals surface area (Å²) >= 11 is 4.85. The van der Waals surface area contributed by atoms with Crippen LogP contribution in [0.2, 0.25) is 0 Å². The predicted octanol–water partition coefficient (Wildman–Crippen LogP) is 0.673. The van der Waals surface area contributed by atoms with Crippen molar-refractivity contribution in [2.24, 2.45) is 0 Å². The molecule has 1 atom stereocenters. The van der Waals surface area contributed by atoms with Gasteiger partial charge in [-0.15, -0.1) is 0 Å². The monoisotopic (exact) mass is 311 g/mol. The third kappa shape index (κ3) is 3.68. The molecule has 53 valence electrons. The first kappa shape index (κ1) is 10.1. The summed E-state index contributed by atoms with van der Waals surface area (Å²) in [4.78, 5) is 0. The Bertz CT molecular complexity index is 64.1. The van der Waals surface area contributed by atoms with E-state index in [0.717, 1.165) is 11.8 Å². The second kappa shape index (κ2) is 5.81. The van der Waals surface area contributed by atoms with E-state index in [1.807, 2.05) is 0 Å². The van der Waals surface area contributed by atoms with E-state index in [1.54, 1.807) is 0 Å². The molecule has 0 aromatic carbocycles. The summed E-state index contributed by atoms with van der Waals surface area (Å²) in [6, 6.07) is 0.757. The molecule has 1 aliphatic rings. The van der Waals surface area contributed by atoms with Gasteiger partial charge >= 0.3 is 0 Å². The first-order chi connectivity index (χ1) is 3.93. The summed E-state index contributed by atoms with van der Waals surface area (Å²) in [7, 11) is 0. The summed E-state index contributed by atoms with van der Waals surface area (Å²) in [6.45, 7) is 1.21. The normalized spacial score (nSPS) is 25.7. The molecule has 0 aromatic rings. The van der Waals surface area contributed by atoms with Gasteiger partial charge in [0.1, 0.15) is 0 Å². The van der Waals surface area contributed by atoms with Crippen molar-refractivity contribution in [1.29, 1.82) is 0 Å². The molecule has 0 bridgehead atoms. The average molecular weight is 311 g/mol. The van der Waals surface area contributed by atoms with Crippen LogP contribution in [0.25, 0.3) is 0 Å². The molecule has 1 rings (SSSR count). The molecule has 0 saturated carbocycles. The average Bonchev–Trinajstić information content (AvgIpc) is 2.19. The minimum absolute atomic E-state index is 0. The van der Waals surface area contributed by atoms with Crippen molar-refractivity contribution >= 4 is 12.6 Å². The van der Waals surface area contributed by atoms with E-state index in [2.05, 4.69) is 5.32 Å². The molecule has 1 nitrogen and oxygen atoms in total. The molecule has 1 N–H and O–H groups in total. The molecule has 1 radical (unpaired) electrons. The Kier molecular flexibility index (Phi) is 6.48. The van der Waals surface area contributed by atoms with E-state index in [-0.39, 0.29) is 22.4 Å². The minimum Gasteiger partial charge on any atom is -0.793 e. The van der Waals surface area contributed by atoms with Crippen molar-refractivity contribution in [3.05, 3.63) is 0 Å². The van der Waals surface area contributed by atoms with Crippen LogP contribution in [-0.4, -0.2) is 18.3 Å². The second-order valence-corrected chi connectivity index (χ2v) is 2.69. The molecule has 1 saturated heterocycles. The molecule has 9 heavy (non-hydrogen) atoms. The largest absolute Gasteiger partial charge is 0.793 e. The number of nitrogens with one attached hydrogen (secondary N) is 1. The Balaban J connectivity index is 0.000000640. The first-order valence-corrected chi connectivity index (χ1v) is 3.82. The number of rotatable bonds is 2. The molecule has 0 spiro atoms. The molecule has 0 amide bonds. The maximum absolute atomic E-state index is 4.85. The summed E-state index contributed by atoms with van der Waals surface area (Å²) in [5.74, 6) is 0.914. The van der Waals surface area contributed by atoms with Gasteiger partial charge in [0.15, 0.2) is 0 Å². The summed E-state index contributed by atoms with van der Waals surface area (Å²) in [5.41, 5.74) is 0. The molecule has 1 heterocycles. The van der Waals surface area contributed by atoms with Crippen molar-refractivity contribution in [3.63, 3.8) is 0 Å². The number of hydrogen-bond donors (Lipinski definition) is 1. The molecule has 1 aliphatic heterocycles. The third-order valence-electron chi connectivity index (χ3n) is 1.63. The van der Waals surface area contributed by atoms with Crippen molar-refractivity contribution in [2.75, 3.05) is 12.3 Å². The fraction of sp³-hybridized carbons (Fsp3) is 1.00. The van der Waals surface area contributed by atoms with Gasteiger partial charge in [-0.2, -0.15) is 5.75 Å². The van der Waals surface area contributed by atoms with E-state index in [9.17, 15) is 0 Å². The summed E-state index contributed by atoms with van der Waals surface area (Å²) < 4.78 is 0. The van der Waals surface area contributed by atoms with Gasteiger partial charge in [0.2, 0.25) is 0 Å². The van der Waals surface area contributed by atoms with Gasteiger partial charge in [0.25, 0.3) is 0 Å². The summed E-state index contributed by atoms with van der Waals surface area (Å²) in [5, 5.41) is 3.39. The molecule has 3 heteroatoms. The van der Waals surface area contributed by atoms with E-state index in [1.165, 1.54) is 25.8 Å². The zero-order valence-corrected chi connectivity index (χ0v) is 9.50. The van der Waals surface area contributed by atoms with Crippen molar-refractivity contribution in [3.8, 4) is 0 Å². The van der Waals surface area contributed by atoms with Crippen LogP contribution in [0, 0.1) is 0 Å². The van der Waals surface area contributed by atoms with Gasteiger partial charge in [-0.1, -0.05) is 6.42 Å². The maximum atomic E-state index is 4.85. The van der Waals surface area contributed by atoms with E-state index >= 15 is 0 Å². The Labute approximate surface area is 77.9 Å². The third-order valence-corrected chi connectivity index (χ3v) is 1.86. The SMILES string of the molecule is [S-]CCC1CCCN1.[Ta]. The smallest absolute Gasteiger partial charge is 0.00492 e. The molecule has 1 unspecified atom stereocenters. The fourth-order valence-corrected chi connectivity index (χ4v) is 1.43. The molecule has 0 aliphatic carbocycles. The predicted molar refractivity (Wildman–Crippen MR) is 37.9 cm³/mol. The van der Waals surface area contributed by atoms with Crippen LogP contribution in [0.5, 0.6) is 0 Å². The Morgan fingerprint density at radius 3 is 2.78 bits per heavy atom. The van der Waals surface area contributed by atoms with Crippen molar-refractivity contribution in [1.82, 2.24) is 5.32 Å². The van der Waals surface area contributed by atoms with Crippen LogP contribution in [0.15, 0.2) is 0 Å². The zero-order valence-electron chi connectivity index (χ0n) is 5.47. The van der Waals surface area contributed by atoms with Gasteiger partial charge in [-0.25, -0.2) is 0 Å². The van der Waals surface area contributed by atoms with Crippen molar-refractivity contribution < 1.29 is 22.4 Å². The molecular weight excluding hydrogens is 299 g/mol. The van der Waals surface area contributed by atoms with E-state index in [0.29, 0.717) is 0 Å². The van der Waals surface area contributed by atoms with Crippen LogP contribution in [0.3, 0.4) is 0 Å². The van der Waals surface area contributed by atoms with E-state index in [4.69, 9.17) is 12.6 Å². The Hall–Kier alpha value is 1.05. The van der Waals surface area contributed by atoms with Gasteiger partial charge in [-0.05, 0) is 19.4 Å². The standard InChI is InChI=1S/C6H13NS.Ta/c8-5-3-6-2-1-4-7-6;/h6-8H,1-5H2;/p-1. The Morgan fingerprint density at radius 1 is 1.56 bits per heavy atom. The Morgan fingerprint density at radius 2 is 2.33 bits per heavy atom. The van der Waals surface area contributed by atoms with Crippen LogP contribution >= 0.6 is 0 Å².